The van der Waals surface area contributed by atoms with Crippen LogP contribution in [0.4, 0.5) is 0 Å². The molecule has 2 saturated carbocycles. The average Bonchev–Trinajstić information content (AvgIpc) is 2.46. The second-order valence-corrected chi connectivity index (χ2v) is 6.00. The molecule has 3 unspecified atom stereocenters. The third-order valence-corrected chi connectivity index (χ3v) is 5.58. The molecule has 2 aliphatic rings. The third-order valence-electron chi connectivity index (χ3n) is 5.58. The molecule has 0 saturated heterocycles. The predicted octanol–water partition coefficient (Wildman–Crippen LogP) is 3.75. The van der Waals surface area contributed by atoms with Crippen molar-refractivity contribution in [3.8, 4) is 6.07 Å². The zero-order valence-electron chi connectivity index (χ0n) is 9.64. The summed E-state index contributed by atoms with van der Waals surface area (Å²) in [4.78, 5) is 0. The average molecular weight is 191 g/mol. The van der Waals surface area contributed by atoms with Crippen LogP contribution in [0.15, 0.2) is 0 Å². The maximum atomic E-state index is 8.66. The minimum atomic E-state index is 0.521. The Balaban J connectivity index is 2.15. The van der Waals surface area contributed by atoms with Gasteiger partial charge in [0.1, 0.15) is 0 Å². The summed E-state index contributed by atoms with van der Waals surface area (Å²) in [6, 6.07) is 2.30. The van der Waals surface area contributed by atoms with Crippen molar-refractivity contribution in [1.82, 2.24) is 0 Å². The highest BCUT2D eigenvalue weighted by molar-refractivity contribution is 5.10. The number of hydrogen-bond acceptors (Lipinski definition) is 1. The molecule has 2 bridgehead atoms. The lowest BCUT2D eigenvalue weighted by Gasteiger charge is -2.39. The Morgan fingerprint density at radius 3 is 2.50 bits per heavy atom. The Bertz CT molecular complexity index is 273. The molecular formula is C13H21N. The van der Waals surface area contributed by atoms with Crippen molar-refractivity contribution in [3.63, 3.8) is 0 Å². The van der Waals surface area contributed by atoms with Crippen molar-refractivity contribution in [1.29, 1.82) is 5.26 Å². The summed E-state index contributed by atoms with van der Waals surface area (Å²) >= 11 is 0. The SMILES string of the molecule is CC1(C)C2CCC1(C)C(CCC#N)C2. The molecule has 2 fully saturated rings. The van der Waals surface area contributed by atoms with E-state index in [-0.39, 0.29) is 0 Å². The van der Waals surface area contributed by atoms with E-state index in [2.05, 4.69) is 26.8 Å². The lowest BCUT2D eigenvalue weighted by atomic mass is 9.66. The Kier molecular flexibility index (Phi) is 2.14. The fourth-order valence-electron chi connectivity index (χ4n) is 4.04. The Labute approximate surface area is 87.5 Å². The van der Waals surface area contributed by atoms with Gasteiger partial charge in [0.25, 0.3) is 0 Å². The Hall–Kier alpha value is -0.510. The first kappa shape index (κ1) is 10.0. The number of nitrogens with zero attached hydrogens (tertiary/aromatic N) is 1. The molecule has 0 aromatic rings. The molecule has 78 valence electrons. The van der Waals surface area contributed by atoms with Crippen LogP contribution in [0.5, 0.6) is 0 Å². The maximum Gasteiger partial charge on any atom is 0.0621 e. The highest BCUT2D eigenvalue weighted by atomic mass is 14.6. The van der Waals surface area contributed by atoms with Crippen molar-refractivity contribution in [2.75, 3.05) is 0 Å². The summed E-state index contributed by atoms with van der Waals surface area (Å²) < 4.78 is 0. The molecule has 1 heteroatoms. The number of rotatable bonds is 2. The molecule has 1 nitrogen and oxygen atoms in total. The summed E-state index contributed by atoms with van der Waals surface area (Å²) in [6.45, 7) is 7.34. The van der Waals surface area contributed by atoms with E-state index in [0.717, 1.165) is 24.7 Å². The van der Waals surface area contributed by atoms with E-state index < -0.39 is 0 Å². The Morgan fingerprint density at radius 1 is 1.36 bits per heavy atom. The maximum absolute atomic E-state index is 8.66. The van der Waals surface area contributed by atoms with Crippen LogP contribution in [0.25, 0.3) is 0 Å². The van der Waals surface area contributed by atoms with E-state index in [1.807, 2.05) is 0 Å². The van der Waals surface area contributed by atoms with Crippen LogP contribution in [-0.2, 0) is 0 Å². The van der Waals surface area contributed by atoms with E-state index in [0.29, 0.717) is 10.8 Å². The smallest absolute Gasteiger partial charge is 0.0621 e. The highest BCUT2D eigenvalue weighted by Gasteiger charge is 2.60. The first-order valence-corrected chi connectivity index (χ1v) is 5.89. The van der Waals surface area contributed by atoms with Gasteiger partial charge in [0.15, 0.2) is 0 Å². The third kappa shape index (κ3) is 1.06. The van der Waals surface area contributed by atoms with E-state index in [4.69, 9.17) is 5.26 Å². The molecular weight excluding hydrogens is 170 g/mol. The summed E-state index contributed by atoms with van der Waals surface area (Å²) in [5, 5.41) is 8.66. The molecule has 0 aromatic heterocycles. The van der Waals surface area contributed by atoms with Crippen molar-refractivity contribution in [2.45, 2.75) is 52.9 Å². The van der Waals surface area contributed by atoms with Gasteiger partial charge in [-0.1, -0.05) is 20.8 Å². The number of hydrogen-bond donors (Lipinski definition) is 0. The first-order valence-electron chi connectivity index (χ1n) is 5.89. The summed E-state index contributed by atoms with van der Waals surface area (Å²) in [5.41, 5.74) is 1.04. The zero-order chi connectivity index (χ0) is 10.4. The summed E-state index contributed by atoms with van der Waals surface area (Å²) in [5.74, 6) is 1.74. The number of nitriles is 1. The van der Waals surface area contributed by atoms with Gasteiger partial charge in [-0.2, -0.15) is 5.26 Å². The lowest BCUT2D eigenvalue weighted by molar-refractivity contribution is 0.0986. The molecule has 0 aromatic carbocycles. The van der Waals surface area contributed by atoms with Crippen molar-refractivity contribution in [3.05, 3.63) is 0 Å². The van der Waals surface area contributed by atoms with E-state index in [1.165, 1.54) is 19.3 Å². The van der Waals surface area contributed by atoms with Crippen molar-refractivity contribution >= 4 is 0 Å². The van der Waals surface area contributed by atoms with Crippen molar-refractivity contribution in [2.24, 2.45) is 22.7 Å². The molecule has 0 amide bonds. The second kappa shape index (κ2) is 2.99. The van der Waals surface area contributed by atoms with Gasteiger partial charge in [-0.05, 0) is 48.3 Å². The van der Waals surface area contributed by atoms with Crippen LogP contribution in [0, 0.1) is 34.0 Å². The number of fused-ring (bicyclic) bond motifs is 2. The standard InChI is InChI=1S/C13H21N/c1-12(2)10-6-7-13(12,3)11(9-10)5-4-8-14/h10-11H,4-7,9H2,1-3H3. The molecule has 2 rings (SSSR count). The van der Waals surface area contributed by atoms with E-state index in [1.54, 1.807) is 0 Å². The summed E-state index contributed by atoms with van der Waals surface area (Å²) in [7, 11) is 0. The fourth-order valence-corrected chi connectivity index (χ4v) is 4.04. The monoisotopic (exact) mass is 191 g/mol. The van der Waals surface area contributed by atoms with Crippen LogP contribution >= 0.6 is 0 Å². The molecule has 0 radical (unpaired) electrons. The van der Waals surface area contributed by atoms with Crippen molar-refractivity contribution < 1.29 is 0 Å². The van der Waals surface area contributed by atoms with Gasteiger partial charge in [0.05, 0.1) is 6.07 Å². The van der Waals surface area contributed by atoms with Gasteiger partial charge < -0.3 is 0 Å². The minimum Gasteiger partial charge on any atom is -0.198 e. The molecule has 3 atom stereocenters. The molecule has 0 spiro atoms. The van der Waals surface area contributed by atoms with Gasteiger partial charge in [0, 0.05) is 6.42 Å². The van der Waals surface area contributed by atoms with Crippen LogP contribution in [-0.4, -0.2) is 0 Å². The zero-order valence-corrected chi connectivity index (χ0v) is 9.64. The van der Waals surface area contributed by atoms with E-state index >= 15 is 0 Å². The van der Waals surface area contributed by atoms with E-state index in [9.17, 15) is 0 Å². The quantitative estimate of drug-likeness (QED) is 0.652. The molecule has 0 aliphatic heterocycles. The van der Waals surface area contributed by atoms with Crippen LogP contribution in [0.2, 0.25) is 0 Å². The Morgan fingerprint density at radius 2 is 2.07 bits per heavy atom. The van der Waals surface area contributed by atoms with Gasteiger partial charge in [-0.3, -0.25) is 0 Å². The molecule has 0 heterocycles. The predicted molar refractivity (Wildman–Crippen MR) is 57.6 cm³/mol. The fraction of sp³-hybridized carbons (Fsp3) is 0.923. The molecule has 14 heavy (non-hydrogen) atoms. The topological polar surface area (TPSA) is 23.8 Å². The molecule has 2 aliphatic carbocycles. The van der Waals surface area contributed by atoms with Crippen LogP contribution in [0.1, 0.15) is 52.9 Å². The van der Waals surface area contributed by atoms with Gasteiger partial charge in [-0.25, -0.2) is 0 Å². The largest absolute Gasteiger partial charge is 0.198 e. The second-order valence-electron chi connectivity index (χ2n) is 6.00. The van der Waals surface area contributed by atoms with Gasteiger partial charge in [-0.15, -0.1) is 0 Å². The van der Waals surface area contributed by atoms with Gasteiger partial charge >= 0.3 is 0 Å². The van der Waals surface area contributed by atoms with Crippen LogP contribution in [0.3, 0.4) is 0 Å². The normalized spacial score (nSPS) is 43.9. The van der Waals surface area contributed by atoms with Gasteiger partial charge in [0.2, 0.25) is 0 Å². The first-order chi connectivity index (χ1) is 6.52. The summed E-state index contributed by atoms with van der Waals surface area (Å²) in [6.07, 6.45) is 6.08. The lowest BCUT2D eigenvalue weighted by Crippen LogP contribution is -2.32. The highest BCUT2D eigenvalue weighted by Crippen LogP contribution is 2.68. The minimum absolute atomic E-state index is 0.521. The van der Waals surface area contributed by atoms with Crippen LogP contribution < -0.4 is 0 Å². The molecule has 0 N–H and O–H groups in total.